The van der Waals surface area contributed by atoms with Gasteiger partial charge in [0.25, 0.3) is 0 Å². The van der Waals surface area contributed by atoms with E-state index in [-0.39, 0.29) is 6.04 Å². The minimum absolute atomic E-state index is 0.00565. The average molecular weight is 267 g/mol. The molecule has 17 heavy (non-hydrogen) atoms. The SMILES string of the molecule is Cc1cc(C(NN)c2cccc(Cl)c2)sc1C. The highest BCUT2D eigenvalue weighted by Crippen LogP contribution is 2.31. The van der Waals surface area contributed by atoms with E-state index in [1.54, 1.807) is 11.3 Å². The Morgan fingerprint density at radius 1 is 1.29 bits per heavy atom. The summed E-state index contributed by atoms with van der Waals surface area (Å²) < 4.78 is 0. The van der Waals surface area contributed by atoms with E-state index in [0.717, 1.165) is 10.6 Å². The molecule has 1 unspecified atom stereocenters. The van der Waals surface area contributed by atoms with Crippen molar-refractivity contribution in [2.75, 3.05) is 0 Å². The molecule has 0 bridgehead atoms. The number of thiophene rings is 1. The lowest BCUT2D eigenvalue weighted by molar-refractivity contribution is 0.646. The van der Waals surface area contributed by atoms with Crippen LogP contribution in [0.3, 0.4) is 0 Å². The molecule has 0 saturated carbocycles. The molecule has 1 aromatic heterocycles. The number of aryl methyl sites for hydroxylation is 2. The smallest absolute Gasteiger partial charge is 0.0803 e. The lowest BCUT2D eigenvalue weighted by Crippen LogP contribution is -2.28. The Bertz CT molecular complexity index is 502. The van der Waals surface area contributed by atoms with Crippen molar-refractivity contribution in [1.82, 2.24) is 5.43 Å². The van der Waals surface area contributed by atoms with Gasteiger partial charge >= 0.3 is 0 Å². The fourth-order valence-corrected chi connectivity index (χ4v) is 3.10. The van der Waals surface area contributed by atoms with Crippen molar-refractivity contribution in [2.24, 2.45) is 5.84 Å². The monoisotopic (exact) mass is 266 g/mol. The molecule has 0 saturated heterocycles. The Morgan fingerprint density at radius 2 is 2.06 bits per heavy atom. The van der Waals surface area contributed by atoms with Crippen LogP contribution in [0.4, 0.5) is 0 Å². The minimum atomic E-state index is 0.00565. The largest absolute Gasteiger partial charge is 0.271 e. The van der Waals surface area contributed by atoms with E-state index >= 15 is 0 Å². The molecule has 2 aromatic rings. The summed E-state index contributed by atoms with van der Waals surface area (Å²) in [5.41, 5.74) is 5.24. The third-order valence-corrected chi connectivity index (χ3v) is 4.27. The van der Waals surface area contributed by atoms with E-state index in [1.165, 1.54) is 15.3 Å². The van der Waals surface area contributed by atoms with Gasteiger partial charge in [-0.3, -0.25) is 5.84 Å². The number of halogens is 1. The fourth-order valence-electron chi connectivity index (χ4n) is 1.77. The lowest BCUT2D eigenvalue weighted by Gasteiger charge is -2.14. The summed E-state index contributed by atoms with van der Waals surface area (Å²) in [4.78, 5) is 2.53. The zero-order chi connectivity index (χ0) is 12.4. The van der Waals surface area contributed by atoms with Gasteiger partial charge in [-0.25, -0.2) is 5.43 Å². The van der Waals surface area contributed by atoms with Crippen LogP contribution in [0.2, 0.25) is 5.02 Å². The number of hydrogen-bond acceptors (Lipinski definition) is 3. The van der Waals surface area contributed by atoms with Crippen LogP contribution in [0.25, 0.3) is 0 Å². The van der Waals surface area contributed by atoms with Crippen LogP contribution in [-0.2, 0) is 0 Å². The number of rotatable bonds is 3. The predicted octanol–water partition coefficient (Wildman–Crippen LogP) is 3.57. The molecule has 0 aliphatic rings. The predicted molar refractivity (Wildman–Crippen MR) is 74.4 cm³/mol. The molecule has 90 valence electrons. The summed E-state index contributed by atoms with van der Waals surface area (Å²) in [5.74, 6) is 5.66. The van der Waals surface area contributed by atoms with Crippen LogP contribution in [0, 0.1) is 13.8 Å². The highest BCUT2D eigenvalue weighted by molar-refractivity contribution is 7.12. The Balaban J connectivity index is 2.39. The van der Waals surface area contributed by atoms with Crippen LogP contribution in [0.1, 0.15) is 26.9 Å². The van der Waals surface area contributed by atoms with E-state index < -0.39 is 0 Å². The third kappa shape index (κ3) is 2.69. The normalized spacial score (nSPS) is 12.7. The van der Waals surface area contributed by atoms with Gasteiger partial charge in [0.1, 0.15) is 0 Å². The van der Waals surface area contributed by atoms with Crippen molar-refractivity contribution in [3.05, 3.63) is 56.2 Å². The quantitative estimate of drug-likeness (QED) is 0.658. The topological polar surface area (TPSA) is 38.0 Å². The first kappa shape index (κ1) is 12.6. The average Bonchev–Trinajstić information content (AvgIpc) is 2.60. The van der Waals surface area contributed by atoms with Crippen molar-refractivity contribution in [3.8, 4) is 0 Å². The van der Waals surface area contributed by atoms with Crippen molar-refractivity contribution in [1.29, 1.82) is 0 Å². The number of hydrazine groups is 1. The fraction of sp³-hybridized carbons (Fsp3) is 0.231. The van der Waals surface area contributed by atoms with Gasteiger partial charge in [-0.2, -0.15) is 0 Å². The molecule has 0 amide bonds. The lowest BCUT2D eigenvalue weighted by atomic mass is 10.1. The van der Waals surface area contributed by atoms with Gasteiger partial charge in [0.05, 0.1) is 6.04 Å². The molecule has 1 heterocycles. The second-order valence-electron chi connectivity index (χ2n) is 4.04. The maximum atomic E-state index is 6.00. The Hall–Kier alpha value is -0.870. The molecule has 0 aliphatic heterocycles. The standard InChI is InChI=1S/C13H15ClN2S/c1-8-6-12(17-9(8)2)13(16-15)10-4-3-5-11(14)7-10/h3-7,13,16H,15H2,1-2H3. The van der Waals surface area contributed by atoms with E-state index in [0.29, 0.717) is 0 Å². The summed E-state index contributed by atoms with van der Waals surface area (Å²) in [7, 11) is 0. The molecule has 1 atom stereocenters. The second kappa shape index (κ2) is 5.19. The molecule has 3 N–H and O–H groups in total. The molecular formula is C13H15ClN2S. The summed E-state index contributed by atoms with van der Waals surface area (Å²) >= 11 is 7.77. The molecule has 0 fully saturated rings. The van der Waals surface area contributed by atoms with Gasteiger partial charge in [-0.15, -0.1) is 11.3 Å². The Kier molecular flexibility index (Phi) is 3.84. The van der Waals surface area contributed by atoms with Gasteiger partial charge in [0, 0.05) is 14.8 Å². The summed E-state index contributed by atoms with van der Waals surface area (Å²) in [6.45, 7) is 4.23. The van der Waals surface area contributed by atoms with Gasteiger partial charge in [0.15, 0.2) is 0 Å². The Morgan fingerprint density at radius 3 is 2.59 bits per heavy atom. The van der Waals surface area contributed by atoms with Crippen LogP contribution >= 0.6 is 22.9 Å². The van der Waals surface area contributed by atoms with Crippen LogP contribution in [0.15, 0.2) is 30.3 Å². The zero-order valence-electron chi connectivity index (χ0n) is 9.83. The maximum Gasteiger partial charge on any atom is 0.0803 e. The maximum absolute atomic E-state index is 6.00. The number of nitrogens with one attached hydrogen (secondary N) is 1. The molecule has 2 rings (SSSR count). The summed E-state index contributed by atoms with van der Waals surface area (Å²) in [5, 5.41) is 0.729. The second-order valence-corrected chi connectivity index (χ2v) is 5.77. The molecule has 4 heteroatoms. The molecular weight excluding hydrogens is 252 g/mol. The molecule has 1 aromatic carbocycles. The molecule has 2 nitrogen and oxygen atoms in total. The van der Waals surface area contributed by atoms with E-state index in [1.807, 2.05) is 24.3 Å². The number of hydrogen-bond donors (Lipinski definition) is 2. The van der Waals surface area contributed by atoms with Gasteiger partial charge in [0.2, 0.25) is 0 Å². The van der Waals surface area contributed by atoms with Crippen LogP contribution in [0.5, 0.6) is 0 Å². The van der Waals surface area contributed by atoms with E-state index in [2.05, 4.69) is 25.3 Å². The minimum Gasteiger partial charge on any atom is -0.271 e. The molecule has 0 spiro atoms. The highest BCUT2D eigenvalue weighted by Gasteiger charge is 2.15. The highest BCUT2D eigenvalue weighted by atomic mass is 35.5. The first-order valence-corrected chi connectivity index (χ1v) is 6.60. The van der Waals surface area contributed by atoms with Crippen molar-refractivity contribution in [2.45, 2.75) is 19.9 Å². The van der Waals surface area contributed by atoms with Gasteiger partial charge in [-0.1, -0.05) is 23.7 Å². The van der Waals surface area contributed by atoms with Crippen molar-refractivity contribution in [3.63, 3.8) is 0 Å². The first-order valence-electron chi connectivity index (χ1n) is 5.40. The van der Waals surface area contributed by atoms with Gasteiger partial charge < -0.3 is 0 Å². The van der Waals surface area contributed by atoms with Crippen molar-refractivity contribution < 1.29 is 0 Å². The molecule has 0 aliphatic carbocycles. The third-order valence-electron chi connectivity index (χ3n) is 2.82. The molecule has 0 radical (unpaired) electrons. The van der Waals surface area contributed by atoms with Crippen molar-refractivity contribution >= 4 is 22.9 Å². The van der Waals surface area contributed by atoms with E-state index in [4.69, 9.17) is 17.4 Å². The van der Waals surface area contributed by atoms with Crippen LogP contribution < -0.4 is 11.3 Å². The number of benzene rings is 1. The first-order chi connectivity index (χ1) is 8.11. The Labute approximate surface area is 110 Å². The van der Waals surface area contributed by atoms with Crippen LogP contribution in [-0.4, -0.2) is 0 Å². The van der Waals surface area contributed by atoms with E-state index in [9.17, 15) is 0 Å². The summed E-state index contributed by atoms with van der Waals surface area (Å²) in [6, 6.07) is 9.95. The summed E-state index contributed by atoms with van der Waals surface area (Å²) in [6.07, 6.45) is 0. The van der Waals surface area contributed by atoms with Gasteiger partial charge in [-0.05, 0) is 43.2 Å². The number of nitrogens with two attached hydrogens (primary N) is 1. The zero-order valence-corrected chi connectivity index (χ0v) is 11.4.